The van der Waals surface area contributed by atoms with E-state index in [1.165, 1.54) is 48.5 Å². The van der Waals surface area contributed by atoms with Crippen LogP contribution in [0.4, 0.5) is 14.5 Å². The topological polar surface area (TPSA) is 78.8 Å². The van der Waals surface area contributed by atoms with E-state index >= 15 is 0 Å². The molecule has 0 aliphatic carbocycles. The third-order valence-corrected chi connectivity index (χ3v) is 6.50. The number of hydrogen-bond acceptors (Lipinski definition) is 4. The average Bonchev–Trinajstić information content (AvgIpc) is 2.75. The van der Waals surface area contributed by atoms with Gasteiger partial charge >= 0.3 is 0 Å². The Labute approximate surface area is 189 Å². The molecule has 3 aromatic carbocycles. The molecule has 0 atom stereocenters. The minimum Gasteiger partial charge on any atom is -0.271 e. The summed E-state index contributed by atoms with van der Waals surface area (Å²) >= 11 is 5.89. The third-order valence-electron chi connectivity index (χ3n) is 4.40. The van der Waals surface area contributed by atoms with E-state index in [0.717, 1.165) is 17.8 Å². The normalized spacial score (nSPS) is 11.5. The van der Waals surface area contributed by atoms with Crippen LogP contribution < -0.4 is 9.73 Å². The highest BCUT2D eigenvalue weighted by atomic mass is 35.5. The first-order chi connectivity index (χ1) is 15.2. The summed E-state index contributed by atoms with van der Waals surface area (Å²) in [5.74, 6) is -2.34. The maximum absolute atomic E-state index is 14.4. The van der Waals surface area contributed by atoms with Gasteiger partial charge in [0.1, 0.15) is 18.2 Å². The van der Waals surface area contributed by atoms with E-state index in [2.05, 4.69) is 10.5 Å². The summed E-state index contributed by atoms with van der Waals surface area (Å²) in [6, 6.07) is 15.1. The number of aryl methyl sites for hydroxylation is 1. The number of halogens is 3. The molecule has 166 valence electrons. The van der Waals surface area contributed by atoms with E-state index in [1.54, 1.807) is 19.1 Å². The summed E-state index contributed by atoms with van der Waals surface area (Å²) in [5.41, 5.74) is 2.60. The van der Waals surface area contributed by atoms with E-state index < -0.39 is 34.1 Å². The number of sulfonamides is 1. The number of para-hydroxylation sites is 1. The van der Waals surface area contributed by atoms with E-state index in [4.69, 9.17) is 11.6 Å². The molecule has 6 nitrogen and oxygen atoms in total. The Morgan fingerprint density at radius 3 is 2.34 bits per heavy atom. The van der Waals surface area contributed by atoms with Crippen molar-refractivity contribution in [2.45, 2.75) is 11.8 Å². The monoisotopic (exact) mass is 477 g/mol. The largest absolute Gasteiger partial charge is 0.271 e. The van der Waals surface area contributed by atoms with Crippen LogP contribution in [0.2, 0.25) is 5.02 Å². The van der Waals surface area contributed by atoms with Crippen LogP contribution in [0.25, 0.3) is 0 Å². The highest BCUT2D eigenvalue weighted by Gasteiger charge is 2.29. The molecule has 0 spiro atoms. The Morgan fingerprint density at radius 1 is 1.03 bits per heavy atom. The Bertz CT molecular complexity index is 1250. The third kappa shape index (κ3) is 5.30. The molecule has 0 fully saturated rings. The van der Waals surface area contributed by atoms with Crippen molar-refractivity contribution in [3.8, 4) is 0 Å². The number of rotatable bonds is 7. The lowest BCUT2D eigenvalue weighted by Gasteiger charge is -2.24. The summed E-state index contributed by atoms with van der Waals surface area (Å²) in [5, 5.41) is 3.72. The summed E-state index contributed by atoms with van der Waals surface area (Å²) in [7, 11) is -4.28. The molecular formula is C22H18ClF2N3O3S. The predicted molar refractivity (Wildman–Crippen MR) is 119 cm³/mol. The second-order valence-electron chi connectivity index (χ2n) is 6.70. The predicted octanol–water partition coefficient (Wildman–Crippen LogP) is 4.27. The zero-order chi connectivity index (χ0) is 23.3. The number of benzene rings is 3. The van der Waals surface area contributed by atoms with Crippen molar-refractivity contribution in [3.63, 3.8) is 0 Å². The molecule has 0 saturated heterocycles. The highest BCUT2D eigenvalue weighted by molar-refractivity contribution is 7.92. The molecule has 0 unspecified atom stereocenters. The zero-order valence-electron chi connectivity index (χ0n) is 16.8. The Balaban J connectivity index is 1.88. The molecule has 0 bridgehead atoms. The Kier molecular flexibility index (Phi) is 7.22. The lowest BCUT2D eigenvalue weighted by atomic mass is 10.2. The van der Waals surface area contributed by atoms with Crippen molar-refractivity contribution in [2.24, 2.45) is 5.10 Å². The average molecular weight is 478 g/mol. The maximum atomic E-state index is 14.4. The van der Waals surface area contributed by atoms with Gasteiger partial charge < -0.3 is 0 Å². The maximum Gasteiger partial charge on any atom is 0.264 e. The number of carbonyl (C=O) groups is 1. The van der Waals surface area contributed by atoms with Gasteiger partial charge in [0.15, 0.2) is 0 Å². The summed E-state index contributed by atoms with van der Waals surface area (Å²) in [6.45, 7) is 1.03. The molecule has 10 heteroatoms. The van der Waals surface area contributed by atoms with E-state index in [0.29, 0.717) is 4.31 Å². The Morgan fingerprint density at radius 2 is 1.69 bits per heavy atom. The molecule has 0 saturated carbocycles. The summed E-state index contributed by atoms with van der Waals surface area (Å²) in [4.78, 5) is 12.3. The number of amides is 1. The molecular weight excluding hydrogens is 460 g/mol. The molecule has 32 heavy (non-hydrogen) atoms. The van der Waals surface area contributed by atoms with Crippen molar-refractivity contribution in [2.75, 3.05) is 10.8 Å². The van der Waals surface area contributed by atoms with Crippen molar-refractivity contribution in [1.82, 2.24) is 5.43 Å². The first-order valence-corrected chi connectivity index (χ1v) is 11.1. The van der Waals surface area contributed by atoms with Gasteiger partial charge in [-0.05, 0) is 43.3 Å². The molecule has 1 amide bonds. The fraction of sp³-hybridized carbons (Fsp3) is 0.0909. The van der Waals surface area contributed by atoms with Gasteiger partial charge in [0.05, 0.1) is 21.8 Å². The quantitative estimate of drug-likeness (QED) is 0.407. The van der Waals surface area contributed by atoms with Crippen LogP contribution in [0.15, 0.2) is 76.7 Å². The van der Waals surface area contributed by atoms with E-state index in [9.17, 15) is 22.0 Å². The van der Waals surface area contributed by atoms with E-state index in [-0.39, 0.29) is 21.2 Å². The van der Waals surface area contributed by atoms with E-state index in [1.807, 2.05) is 0 Å². The van der Waals surface area contributed by atoms with Crippen molar-refractivity contribution in [3.05, 3.63) is 94.5 Å². The molecule has 0 heterocycles. The molecule has 1 N–H and O–H groups in total. The SMILES string of the molecule is Cc1ccc(S(=O)(=O)N(CC(=O)N/N=C/c2c(F)cccc2Cl)c2ccccc2F)cc1. The fourth-order valence-electron chi connectivity index (χ4n) is 2.76. The number of anilines is 1. The zero-order valence-corrected chi connectivity index (χ0v) is 18.4. The van der Waals surface area contributed by atoms with Crippen LogP contribution in [0, 0.1) is 18.6 Å². The van der Waals surface area contributed by atoms with Crippen LogP contribution in [-0.2, 0) is 14.8 Å². The van der Waals surface area contributed by atoms with Crippen molar-refractivity contribution in [1.29, 1.82) is 0 Å². The number of carbonyl (C=O) groups excluding carboxylic acids is 1. The lowest BCUT2D eigenvalue weighted by molar-refractivity contribution is -0.119. The van der Waals surface area contributed by atoms with Gasteiger partial charge in [0.2, 0.25) is 0 Å². The lowest BCUT2D eigenvalue weighted by Crippen LogP contribution is -2.40. The van der Waals surface area contributed by atoms with Crippen LogP contribution in [0.3, 0.4) is 0 Å². The van der Waals surface area contributed by atoms with Gasteiger partial charge in [-0.25, -0.2) is 22.6 Å². The van der Waals surface area contributed by atoms with Gasteiger partial charge in [0, 0.05) is 5.56 Å². The fourth-order valence-corrected chi connectivity index (χ4v) is 4.40. The van der Waals surface area contributed by atoms with Gasteiger partial charge in [0.25, 0.3) is 15.9 Å². The Hall–Kier alpha value is -3.30. The number of nitrogens with zero attached hydrogens (tertiary/aromatic N) is 2. The second-order valence-corrected chi connectivity index (χ2v) is 8.97. The molecule has 0 aliphatic rings. The van der Waals surface area contributed by atoms with Crippen LogP contribution in [0.5, 0.6) is 0 Å². The molecule has 3 rings (SSSR count). The van der Waals surface area contributed by atoms with Gasteiger partial charge in [-0.1, -0.05) is 47.5 Å². The van der Waals surface area contributed by atoms with Gasteiger partial charge in [-0.2, -0.15) is 5.10 Å². The number of hydrazone groups is 1. The molecule has 3 aromatic rings. The minimum atomic E-state index is -4.28. The van der Waals surface area contributed by atoms with Gasteiger partial charge in [-0.3, -0.25) is 9.10 Å². The smallest absolute Gasteiger partial charge is 0.264 e. The minimum absolute atomic E-state index is 0.0484. The molecule has 0 aliphatic heterocycles. The summed E-state index contributed by atoms with van der Waals surface area (Å²) in [6.07, 6.45) is 0.997. The van der Waals surface area contributed by atoms with Crippen molar-refractivity contribution >= 4 is 39.4 Å². The van der Waals surface area contributed by atoms with Crippen molar-refractivity contribution < 1.29 is 22.0 Å². The van der Waals surface area contributed by atoms with Crippen LogP contribution in [0.1, 0.15) is 11.1 Å². The first kappa shape index (κ1) is 23.4. The molecule has 0 radical (unpaired) electrons. The highest BCUT2D eigenvalue weighted by Crippen LogP contribution is 2.26. The number of nitrogens with one attached hydrogen (secondary N) is 1. The second kappa shape index (κ2) is 9.88. The summed E-state index contributed by atoms with van der Waals surface area (Å²) < 4.78 is 55.3. The van der Waals surface area contributed by atoms with Gasteiger partial charge in [-0.15, -0.1) is 0 Å². The standard InChI is InChI=1S/C22H18ClF2N3O3S/c1-15-9-11-16(12-10-15)32(30,31)28(21-8-3-2-6-20(21)25)14-22(29)27-26-13-17-18(23)5-4-7-19(17)24/h2-13H,14H2,1H3,(H,27,29)/b26-13+. The first-order valence-electron chi connectivity index (χ1n) is 9.30. The number of hydrogen-bond donors (Lipinski definition) is 1. The molecule has 0 aromatic heterocycles. The van der Waals surface area contributed by atoms with Crippen LogP contribution in [-0.4, -0.2) is 27.1 Å². The van der Waals surface area contributed by atoms with Crippen LogP contribution >= 0.6 is 11.6 Å².